The van der Waals surface area contributed by atoms with Gasteiger partial charge in [0.05, 0.1) is 12.8 Å². The number of rotatable bonds is 7. The average Bonchev–Trinajstić information content (AvgIpc) is 2.78. The molecule has 1 heterocycles. The van der Waals surface area contributed by atoms with Crippen LogP contribution in [0, 0.1) is 5.92 Å². The molecule has 1 aromatic heterocycles. The second-order valence-corrected chi connectivity index (χ2v) is 5.32. The Morgan fingerprint density at radius 3 is 2.89 bits per heavy atom. The second-order valence-electron chi connectivity index (χ2n) is 5.32. The smallest absolute Gasteiger partial charge is 0.0558 e. The number of hydrogen-bond donors (Lipinski definition) is 1. The van der Waals surface area contributed by atoms with Gasteiger partial charge in [-0.3, -0.25) is 9.58 Å². The molecule has 1 aromatic rings. The van der Waals surface area contributed by atoms with Crippen molar-refractivity contribution in [3.05, 3.63) is 18.0 Å². The van der Waals surface area contributed by atoms with Crippen molar-refractivity contribution in [1.29, 1.82) is 0 Å². The van der Waals surface area contributed by atoms with E-state index in [1.165, 1.54) is 24.8 Å². The molecule has 0 amide bonds. The van der Waals surface area contributed by atoms with E-state index in [4.69, 9.17) is 5.11 Å². The van der Waals surface area contributed by atoms with Gasteiger partial charge in [0.1, 0.15) is 0 Å². The minimum absolute atomic E-state index is 0.217. The lowest BCUT2D eigenvalue weighted by molar-refractivity contribution is 0.165. The van der Waals surface area contributed by atoms with Crippen LogP contribution in [0.5, 0.6) is 0 Å². The van der Waals surface area contributed by atoms with E-state index in [0.29, 0.717) is 6.04 Å². The Morgan fingerprint density at radius 2 is 2.33 bits per heavy atom. The molecular weight excluding hydrogens is 226 g/mol. The highest BCUT2D eigenvalue weighted by molar-refractivity contribution is 5.09. The van der Waals surface area contributed by atoms with Crippen LogP contribution in [0.15, 0.2) is 12.4 Å². The zero-order valence-corrected chi connectivity index (χ0v) is 11.5. The molecule has 1 aliphatic carbocycles. The van der Waals surface area contributed by atoms with Crippen molar-refractivity contribution in [2.75, 3.05) is 19.7 Å². The van der Waals surface area contributed by atoms with Gasteiger partial charge in [-0.05, 0) is 32.2 Å². The Morgan fingerprint density at radius 1 is 1.56 bits per heavy atom. The van der Waals surface area contributed by atoms with E-state index in [0.717, 1.165) is 25.6 Å². The average molecular weight is 251 g/mol. The van der Waals surface area contributed by atoms with Crippen molar-refractivity contribution < 1.29 is 5.11 Å². The quantitative estimate of drug-likeness (QED) is 0.806. The summed E-state index contributed by atoms with van der Waals surface area (Å²) in [4.78, 5) is 2.27. The van der Waals surface area contributed by atoms with Gasteiger partial charge < -0.3 is 5.11 Å². The summed E-state index contributed by atoms with van der Waals surface area (Å²) in [6, 6.07) is 0.331. The van der Waals surface area contributed by atoms with Crippen molar-refractivity contribution >= 4 is 0 Å². The Balaban J connectivity index is 1.94. The predicted octanol–water partition coefficient (Wildman–Crippen LogP) is 2.06. The van der Waals surface area contributed by atoms with Crippen LogP contribution in [0.1, 0.15) is 44.7 Å². The molecule has 0 bridgehead atoms. The molecule has 102 valence electrons. The van der Waals surface area contributed by atoms with Crippen LogP contribution in [0.2, 0.25) is 0 Å². The van der Waals surface area contributed by atoms with Crippen molar-refractivity contribution in [1.82, 2.24) is 14.7 Å². The number of likely N-dealkylation sites (N-methyl/N-ethyl adjacent to an activating group) is 1. The molecule has 1 saturated carbocycles. The standard InChI is InChI=1S/C14H25N3O/c1-3-16(7-8-18)12(2)14-9-15-17(11-14)10-13-5-4-6-13/h9,11-13,18H,3-8,10H2,1-2H3. The fourth-order valence-corrected chi connectivity index (χ4v) is 2.60. The Hall–Kier alpha value is -0.870. The predicted molar refractivity (Wildman–Crippen MR) is 72.3 cm³/mol. The summed E-state index contributed by atoms with van der Waals surface area (Å²) in [6.07, 6.45) is 8.24. The molecule has 0 spiro atoms. The molecule has 1 aliphatic rings. The number of nitrogens with zero attached hydrogens (tertiary/aromatic N) is 3. The molecule has 18 heavy (non-hydrogen) atoms. The Labute approximate surface area is 110 Å². The molecule has 1 fully saturated rings. The summed E-state index contributed by atoms with van der Waals surface area (Å²) < 4.78 is 2.09. The fourth-order valence-electron chi connectivity index (χ4n) is 2.60. The van der Waals surface area contributed by atoms with Crippen LogP contribution in [0.25, 0.3) is 0 Å². The van der Waals surface area contributed by atoms with Crippen LogP contribution >= 0.6 is 0 Å². The first kappa shape index (κ1) is 13.6. The lowest BCUT2D eigenvalue weighted by atomic mass is 9.85. The third-order valence-corrected chi connectivity index (χ3v) is 4.15. The maximum absolute atomic E-state index is 9.06. The molecular formula is C14H25N3O. The van der Waals surface area contributed by atoms with Crippen LogP contribution in [0.3, 0.4) is 0 Å². The molecule has 0 saturated heterocycles. The highest BCUT2D eigenvalue weighted by atomic mass is 16.3. The fraction of sp³-hybridized carbons (Fsp3) is 0.786. The van der Waals surface area contributed by atoms with Gasteiger partial charge in [-0.15, -0.1) is 0 Å². The summed E-state index contributed by atoms with van der Waals surface area (Å²) in [5.41, 5.74) is 1.25. The minimum atomic E-state index is 0.217. The summed E-state index contributed by atoms with van der Waals surface area (Å²) >= 11 is 0. The molecule has 1 atom stereocenters. The van der Waals surface area contributed by atoms with E-state index in [-0.39, 0.29) is 6.61 Å². The first-order valence-corrected chi connectivity index (χ1v) is 7.11. The lowest BCUT2D eigenvalue weighted by Crippen LogP contribution is -2.29. The normalized spacial score (nSPS) is 18.0. The van der Waals surface area contributed by atoms with E-state index in [1.807, 2.05) is 6.20 Å². The highest BCUT2D eigenvalue weighted by Gasteiger charge is 2.19. The van der Waals surface area contributed by atoms with Crippen molar-refractivity contribution in [3.63, 3.8) is 0 Å². The summed E-state index contributed by atoms with van der Waals surface area (Å²) in [5, 5.41) is 13.5. The van der Waals surface area contributed by atoms with Gasteiger partial charge in [0.25, 0.3) is 0 Å². The van der Waals surface area contributed by atoms with Gasteiger partial charge in [0.2, 0.25) is 0 Å². The lowest BCUT2D eigenvalue weighted by Gasteiger charge is -2.26. The first-order valence-electron chi connectivity index (χ1n) is 7.11. The summed E-state index contributed by atoms with van der Waals surface area (Å²) in [5.74, 6) is 0.841. The van der Waals surface area contributed by atoms with Gasteiger partial charge in [-0.2, -0.15) is 5.10 Å². The SMILES string of the molecule is CCN(CCO)C(C)c1cnn(CC2CCC2)c1. The highest BCUT2D eigenvalue weighted by Crippen LogP contribution is 2.28. The zero-order valence-electron chi connectivity index (χ0n) is 11.5. The van der Waals surface area contributed by atoms with Crippen LogP contribution in [-0.4, -0.2) is 39.5 Å². The van der Waals surface area contributed by atoms with E-state index >= 15 is 0 Å². The number of aliphatic hydroxyl groups is 1. The monoisotopic (exact) mass is 251 g/mol. The minimum Gasteiger partial charge on any atom is -0.395 e. The maximum Gasteiger partial charge on any atom is 0.0558 e. The molecule has 2 rings (SSSR count). The largest absolute Gasteiger partial charge is 0.395 e. The maximum atomic E-state index is 9.06. The Bertz CT molecular complexity index is 360. The molecule has 4 heteroatoms. The number of aromatic nitrogens is 2. The molecule has 0 radical (unpaired) electrons. The topological polar surface area (TPSA) is 41.3 Å². The van der Waals surface area contributed by atoms with Gasteiger partial charge in [-0.25, -0.2) is 0 Å². The molecule has 0 aliphatic heterocycles. The van der Waals surface area contributed by atoms with E-state index in [9.17, 15) is 0 Å². The van der Waals surface area contributed by atoms with Crippen LogP contribution in [-0.2, 0) is 6.54 Å². The second kappa shape index (κ2) is 6.34. The van der Waals surface area contributed by atoms with Gasteiger partial charge in [0.15, 0.2) is 0 Å². The van der Waals surface area contributed by atoms with E-state index in [2.05, 4.69) is 34.7 Å². The van der Waals surface area contributed by atoms with Gasteiger partial charge in [-0.1, -0.05) is 13.3 Å². The Kier molecular flexibility index (Phi) is 4.78. The van der Waals surface area contributed by atoms with Crippen molar-refractivity contribution in [2.24, 2.45) is 5.92 Å². The molecule has 1 unspecified atom stereocenters. The summed E-state index contributed by atoms with van der Waals surface area (Å²) in [6.45, 7) is 7.28. The van der Waals surface area contributed by atoms with E-state index in [1.54, 1.807) is 0 Å². The zero-order chi connectivity index (χ0) is 13.0. The van der Waals surface area contributed by atoms with Crippen LogP contribution < -0.4 is 0 Å². The van der Waals surface area contributed by atoms with Gasteiger partial charge >= 0.3 is 0 Å². The number of hydrogen-bond acceptors (Lipinski definition) is 3. The molecule has 1 N–H and O–H groups in total. The van der Waals surface area contributed by atoms with E-state index < -0.39 is 0 Å². The van der Waals surface area contributed by atoms with Crippen molar-refractivity contribution in [3.8, 4) is 0 Å². The molecule has 0 aromatic carbocycles. The van der Waals surface area contributed by atoms with Crippen molar-refractivity contribution in [2.45, 2.75) is 45.7 Å². The first-order chi connectivity index (χ1) is 8.74. The number of aliphatic hydroxyl groups excluding tert-OH is 1. The van der Waals surface area contributed by atoms with Crippen LogP contribution in [0.4, 0.5) is 0 Å². The van der Waals surface area contributed by atoms with Gasteiger partial charge in [0, 0.05) is 30.9 Å². The third kappa shape index (κ3) is 3.12. The third-order valence-electron chi connectivity index (χ3n) is 4.15. The summed E-state index contributed by atoms with van der Waals surface area (Å²) in [7, 11) is 0. The molecule has 4 nitrogen and oxygen atoms in total.